The van der Waals surface area contributed by atoms with E-state index in [2.05, 4.69) is 15.0 Å². The normalized spacial score (nSPS) is 11.8. The fraction of sp³-hybridized carbons (Fsp3) is 0.667. The van der Waals surface area contributed by atoms with E-state index in [9.17, 15) is 13.2 Å². The average molecular weight is 261 g/mol. The molecule has 0 bridgehead atoms. The van der Waals surface area contributed by atoms with Crippen LogP contribution < -0.4 is 0 Å². The van der Waals surface area contributed by atoms with Crippen molar-refractivity contribution in [1.82, 2.24) is 15.0 Å². The second-order valence-electron chi connectivity index (χ2n) is 3.77. The highest BCUT2D eigenvalue weighted by Gasteiger charge is 2.17. The molecule has 0 spiro atoms. The van der Waals surface area contributed by atoms with Crippen molar-refractivity contribution < 1.29 is 17.9 Å². The summed E-state index contributed by atoms with van der Waals surface area (Å²) in [7, 11) is -1.88. The van der Waals surface area contributed by atoms with Gasteiger partial charge in [-0.05, 0) is 13.8 Å². The number of methoxy groups -OCH3 is 1. The van der Waals surface area contributed by atoms with Crippen LogP contribution in [-0.4, -0.2) is 47.5 Å². The Morgan fingerprint density at radius 1 is 1.53 bits per heavy atom. The standard InChI is InChI=1S/C9H15N3O4S/c1-7(2)17(14,15)5-4-12-6-8(10-11-12)9(13)16-3/h6-7H,4-5H2,1-3H3. The van der Waals surface area contributed by atoms with E-state index >= 15 is 0 Å². The van der Waals surface area contributed by atoms with Gasteiger partial charge in [0.05, 0.1) is 30.9 Å². The van der Waals surface area contributed by atoms with Crippen LogP contribution in [0.2, 0.25) is 0 Å². The van der Waals surface area contributed by atoms with Crippen LogP contribution >= 0.6 is 0 Å². The predicted octanol–water partition coefficient (Wildman–Crippen LogP) is -0.112. The molecule has 0 amide bonds. The van der Waals surface area contributed by atoms with Crippen molar-refractivity contribution >= 4 is 15.8 Å². The average Bonchev–Trinajstić information content (AvgIpc) is 2.74. The topological polar surface area (TPSA) is 91.2 Å². The lowest BCUT2D eigenvalue weighted by Crippen LogP contribution is -2.21. The number of sulfone groups is 1. The van der Waals surface area contributed by atoms with Gasteiger partial charge in [0.25, 0.3) is 0 Å². The minimum atomic E-state index is -3.12. The molecule has 0 aromatic carbocycles. The molecule has 0 saturated heterocycles. The Kier molecular flexibility index (Phi) is 4.22. The maximum absolute atomic E-state index is 11.5. The van der Waals surface area contributed by atoms with Crippen LogP contribution in [-0.2, 0) is 21.1 Å². The van der Waals surface area contributed by atoms with Crippen molar-refractivity contribution in [2.24, 2.45) is 0 Å². The van der Waals surface area contributed by atoms with Gasteiger partial charge < -0.3 is 4.74 Å². The molecule has 1 aromatic rings. The number of carbonyl (C=O) groups is 1. The first-order chi connectivity index (χ1) is 7.86. The highest BCUT2D eigenvalue weighted by Crippen LogP contribution is 2.02. The Morgan fingerprint density at radius 3 is 2.71 bits per heavy atom. The van der Waals surface area contributed by atoms with E-state index < -0.39 is 21.1 Å². The molecule has 0 aliphatic carbocycles. The number of aryl methyl sites for hydroxylation is 1. The van der Waals surface area contributed by atoms with E-state index in [4.69, 9.17) is 0 Å². The molecule has 8 heteroatoms. The van der Waals surface area contributed by atoms with E-state index in [1.165, 1.54) is 18.0 Å². The molecule has 0 radical (unpaired) electrons. The van der Waals surface area contributed by atoms with Gasteiger partial charge in [-0.25, -0.2) is 13.2 Å². The van der Waals surface area contributed by atoms with Gasteiger partial charge in [0, 0.05) is 0 Å². The lowest BCUT2D eigenvalue weighted by Gasteiger charge is -2.06. The summed E-state index contributed by atoms with van der Waals surface area (Å²) in [6, 6.07) is 0. The molecule has 0 fully saturated rings. The largest absolute Gasteiger partial charge is 0.464 e. The SMILES string of the molecule is COC(=O)c1cn(CCS(=O)(=O)C(C)C)nn1. The Bertz CT molecular complexity index is 492. The summed E-state index contributed by atoms with van der Waals surface area (Å²) in [5.74, 6) is -0.628. The summed E-state index contributed by atoms with van der Waals surface area (Å²) in [5.41, 5.74) is 0.0643. The van der Waals surface area contributed by atoms with E-state index in [0.717, 1.165) is 0 Å². The zero-order valence-corrected chi connectivity index (χ0v) is 10.8. The summed E-state index contributed by atoms with van der Waals surface area (Å²) in [5, 5.41) is 6.80. The van der Waals surface area contributed by atoms with Crippen LogP contribution in [0.25, 0.3) is 0 Å². The number of hydrogen-bond acceptors (Lipinski definition) is 6. The molecule has 0 atom stereocenters. The van der Waals surface area contributed by atoms with E-state index in [1.54, 1.807) is 13.8 Å². The second kappa shape index (κ2) is 5.26. The first-order valence-corrected chi connectivity index (χ1v) is 6.78. The van der Waals surface area contributed by atoms with Crippen LogP contribution in [0, 0.1) is 0 Å². The van der Waals surface area contributed by atoms with Gasteiger partial charge in [-0.15, -0.1) is 5.10 Å². The molecule has 1 rings (SSSR count). The van der Waals surface area contributed by atoms with Gasteiger partial charge >= 0.3 is 5.97 Å². The van der Waals surface area contributed by atoms with E-state index in [1.807, 2.05) is 0 Å². The van der Waals surface area contributed by atoms with Crippen LogP contribution in [0.5, 0.6) is 0 Å². The predicted molar refractivity (Wildman–Crippen MR) is 60.3 cm³/mol. The summed E-state index contributed by atoms with van der Waals surface area (Å²) in [6.07, 6.45) is 1.36. The molecule has 0 aliphatic heterocycles. The fourth-order valence-corrected chi connectivity index (χ4v) is 1.98. The molecule has 0 unspecified atom stereocenters. The van der Waals surface area contributed by atoms with Crippen LogP contribution in [0.4, 0.5) is 0 Å². The fourth-order valence-electron chi connectivity index (χ4n) is 1.06. The zero-order valence-electron chi connectivity index (χ0n) is 9.95. The number of carbonyl (C=O) groups excluding carboxylic acids is 1. The van der Waals surface area contributed by atoms with E-state index in [0.29, 0.717) is 0 Å². The molecule has 17 heavy (non-hydrogen) atoms. The summed E-state index contributed by atoms with van der Waals surface area (Å²) >= 11 is 0. The Balaban J connectivity index is 2.65. The van der Waals surface area contributed by atoms with E-state index in [-0.39, 0.29) is 18.0 Å². The van der Waals surface area contributed by atoms with Gasteiger partial charge in [0.15, 0.2) is 15.5 Å². The van der Waals surface area contributed by atoms with Crippen molar-refractivity contribution in [2.75, 3.05) is 12.9 Å². The van der Waals surface area contributed by atoms with Gasteiger partial charge in [-0.3, -0.25) is 4.68 Å². The summed E-state index contributed by atoms with van der Waals surface area (Å²) in [4.78, 5) is 11.1. The number of nitrogens with zero attached hydrogens (tertiary/aromatic N) is 3. The molecule has 0 saturated carbocycles. The van der Waals surface area contributed by atoms with Gasteiger partial charge in [-0.2, -0.15) is 0 Å². The maximum Gasteiger partial charge on any atom is 0.360 e. The van der Waals surface area contributed by atoms with Gasteiger partial charge in [-0.1, -0.05) is 5.21 Å². The number of hydrogen-bond donors (Lipinski definition) is 0. The van der Waals surface area contributed by atoms with Crippen molar-refractivity contribution in [1.29, 1.82) is 0 Å². The van der Waals surface area contributed by atoms with Crippen LogP contribution in [0.3, 0.4) is 0 Å². The monoisotopic (exact) mass is 261 g/mol. The third-order valence-electron chi connectivity index (χ3n) is 2.26. The summed E-state index contributed by atoms with van der Waals surface area (Å²) < 4.78 is 28.9. The molecular weight excluding hydrogens is 246 g/mol. The molecule has 1 aromatic heterocycles. The van der Waals surface area contributed by atoms with Crippen molar-refractivity contribution in [3.05, 3.63) is 11.9 Å². The molecule has 0 aliphatic rings. The second-order valence-corrected chi connectivity index (χ2v) is 6.45. The van der Waals surface area contributed by atoms with Crippen molar-refractivity contribution in [3.63, 3.8) is 0 Å². The summed E-state index contributed by atoms with van der Waals surface area (Å²) in [6.45, 7) is 3.41. The molecule has 0 N–H and O–H groups in total. The maximum atomic E-state index is 11.5. The molecule has 96 valence electrons. The lowest BCUT2D eigenvalue weighted by atomic mass is 10.5. The highest BCUT2D eigenvalue weighted by molar-refractivity contribution is 7.91. The molecular formula is C9H15N3O4S. The highest BCUT2D eigenvalue weighted by atomic mass is 32.2. The zero-order chi connectivity index (χ0) is 13.1. The Morgan fingerprint density at radius 2 is 2.18 bits per heavy atom. The Labute approximate surface area is 99.7 Å². The van der Waals surface area contributed by atoms with Crippen LogP contribution in [0.1, 0.15) is 24.3 Å². The van der Waals surface area contributed by atoms with Gasteiger partial charge in [0.1, 0.15) is 0 Å². The van der Waals surface area contributed by atoms with Crippen molar-refractivity contribution in [2.45, 2.75) is 25.6 Å². The number of esters is 1. The minimum Gasteiger partial charge on any atom is -0.464 e. The van der Waals surface area contributed by atoms with Gasteiger partial charge in [0.2, 0.25) is 0 Å². The quantitative estimate of drug-likeness (QED) is 0.687. The number of aromatic nitrogens is 3. The van der Waals surface area contributed by atoms with Crippen molar-refractivity contribution in [3.8, 4) is 0 Å². The number of rotatable bonds is 5. The number of ether oxygens (including phenoxy) is 1. The molecule has 1 heterocycles. The first-order valence-electron chi connectivity index (χ1n) is 5.07. The third-order valence-corrected chi connectivity index (χ3v) is 4.44. The first kappa shape index (κ1) is 13.6. The van der Waals surface area contributed by atoms with Crippen LogP contribution in [0.15, 0.2) is 6.20 Å². The third kappa shape index (κ3) is 3.52. The Hall–Kier alpha value is -1.44. The minimum absolute atomic E-state index is 0.0331. The lowest BCUT2D eigenvalue weighted by molar-refractivity contribution is 0.0594. The molecule has 7 nitrogen and oxygen atoms in total. The smallest absolute Gasteiger partial charge is 0.360 e.